The van der Waals surface area contributed by atoms with E-state index in [1.54, 1.807) is 19.0 Å². The Kier molecular flexibility index (Phi) is 2.25. The van der Waals surface area contributed by atoms with Crippen molar-refractivity contribution >= 4 is 5.91 Å². The van der Waals surface area contributed by atoms with Crippen LogP contribution in [0.3, 0.4) is 0 Å². The summed E-state index contributed by atoms with van der Waals surface area (Å²) in [7, 11) is 3.47. The zero-order valence-corrected chi connectivity index (χ0v) is 8.45. The second-order valence-electron chi connectivity index (χ2n) is 3.62. The third kappa shape index (κ3) is 1.50. The molecule has 76 valence electrons. The zero-order chi connectivity index (χ0) is 10.1. The minimum Gasteiger partial charge on any atom is -0.343 e. The molecule has 1 aliphatic heterocycles. The molecular weight excluding hydrogens is 180 g/mol. The molecule has 5 nitrogen and oxygen atoms in total. The minimum atomic E-state index is -0.0353. The van der Waals surface area contributed by atoms with E-state index in [2.05, 4.69) is 10.4 Å². The number of aromatic nitrogens is 2. The molecule has 0 atom stereocenters. The number of nitrogens with zero attached hydrogens (tertiary/aromatic N) is 3. The lowest BCUT2D eigenvalue weighted by molar-refractivity contribution is 0.0821. The predicted octanol–water partition coefficient (Wildman–Crippen LogP) is -0.312. The number of fused-ring (bicyclic) bond motifs is 1. The maximum Gasteiger partial charge on any atom is 0.273 e. The van der Waals surface area contributed by atoms with Crippen molar-refractivity contribution in [2.75, 3.05) is 20.6 Å². The highest BCUT2D eigenvalue weighted by Gasteiger charge is 2.17. The molecule has 0 unspecified atom stereocenters. The lowest BCUT2D eigenvalue weighted by Gasteiger charge is -2.13. The van der Waals surface area contributed by atoms with Crippen molar-refractivity contribution < 1.29 is 4.79 Å². The summed E-state index contributed by atoms with van der Waals surface area (Å²) in [5, 5.41) is 7.49. The molecule has 2 rings (SSSR count). The topological polar surface area (TPSA) is 50.2 Å². The van der Waals surface area contributed by atoms with Gasteiger partial charge in [-0.05, 0) is 6.07 Å². The summed E-state index contributed by atoms with van der Waals surface area (Å²) in [6, 6.07) is 1.86. The fourth-order valence-electron chi connectivity index (χ4n) is 1.53. The molecule has 1 aliphatic rings. The summed E-state index contributed by atoms with van der Waals surface area (Å²) in [4.78, 5) is 13.1. The third-order valence-electron chi connectivity index (χ3n) is 2.30. The molecule has 0 bridgehead atoms. The number of hydrogen-bond acceptors (Lipinski definition) is 3. The van der Waals surface area contributed by atoms with E-state index >= 15 is 0 Å². The molecule has 0 spiro atoms. The molecule has 0 radical (unpaired) electrons. The fraction of sp³-hybridized carbons (Fsp3) is 0.556. The van der Waals surface area contributed by atoms with Gasteiger partial charge in [-0.25, -0.2) is 0 Å². The third-order valence-corrected chi connectivity index (χ3v) is 2.30. The van der Waals surface area contributed by atoms with Crippen molar-refractivity contribution in [3.8, 4) is 0 Å². The average molecular weight is 194 g/mol. The molecule has 1 N–H and O–H groups in total. The minimum absolute atomic E-state index is 0.0353. The van der Waals surface area contributed by atoms with Crippen LogP contribution in [0.2, 0.25) is 0 Å². The second kappa shape index (κ2) is 3.42. The van der Waals surface area contributed by atoms with Crippen LogP contribution in [0.4, 0.5) is 0 Å². The zero-order valence-electron chi connectivity index (χ0n) is 8.45. The molecule has 5 heteroatoms. The monoisotopic (exact) mass is 194 g/mol. The first-order valence-electron chi connectivity index (χ1n) is 4.67. The Labute approximate surface area is 82.7 Å². The van der Waals surface area contributed by atoms with E-state index in [0.29, 0.717) is 5.69 Å². The van der Waals surface area contributed by atoms with Gasteiger partial charge in [0.25, 0.3) is 5.91 Å². The maximum atomic E-state index is 11.6. The summed E-state index contributed by atoms with van der Waals surface area (Å²) in [5.41, 5.74) is 1.62. The lowest BCUT2D eigenvalue weighted by Crippen LogP contribution is -2.28. The molecule has 0 aromatic carbocycles. The molecule has 2 heterocycles. The van der Waals surface area contributed by atoms with Crippen molar-refractivity contribution in [3.63, 3.8) is 0 Å². The lowest BCUT2D eigenvalue weighted by atomic mass is 10.3. The Balaban J connectivity index is 2.28. The van der Waals surface area contributed by atoms with Crippen molar-refractivity contribution in [3.05, 3.63) is 17.5 Å². The number of nitrogens with one attached hydrogen (secondary N) is 1. The van der Waals surface area contributed by atoms with Crippen LogP contribution >= 0.6 is 0 Å². The molecule has 0 saturated heterocycles. The van der Waals surface area contributed by atoms with Crippen LogP contribution in [0.1, 0.15) is 16.2 Å². The number of hydrogen-bond donors (Lipinski definition) is 1. The van der Waals surface area contributed by atoms with Gasteiger partial charge < -0.3 is 10.2 Å². The maximum absolute atomic E-state index is 11.6. The van der Waals surface area contributed by atoms with Crippen molar-refractivity contribution in [2.45, 2.75) is 13.1 Å². The fourth-order valence-corrected chi connectivity index (χ4v) is 1.53. The van der Waals surface area contributed by atoms with Crippen molar-refractivity contribution in [2.24, 2.45) is 0 Å². The second-order valence-corrected chi connectivity index (χ2v) is 3.62. The van der Waals surface area contributed by atoms with E-state index in [4.69, 9.17) is 0 Å². The molecule has 14 heavy (non-hydrogen) atoms. The highest BCUT2D eigenvalue weighted by molar-refractivity contribution is 5.92. The van der Waals surface area contributed by atoms with Crippen molar-refractivity contribution in [1.82, 2.24) is 20.0 Å². The molecule has 1 aromatic rings. The van der Waals surface area contributed by atoms with E-state index in [9.17, 15) is 4.79 Å². The summed E-state index contributed by atoms with van der Waals surface area (Å²) < 4.78 is 1.90. The van der Waals surface area contributed by atoms with Crippen LogP contribution in [0, 0.1) is 0 Å². The van der Waals surface area contributed by atoms with E-state index in [1.807, 2.05) is 10.7 Å². The van der Waals surface area contributed by atoms with Crippen LogP contribution in [0.15, 0.2) is 6.07 Å². The van der Waals surface area contributed by atoms with Gasteiger partial charge in [-0.15, -0.1) is 0 Å². The Morgan fingerprint density at radius 3 is 3.07 bits per heavy atom. The first kappa shape index (κ1) is 9.21. The molecule has 0 aliphatic carbocycles. The first-order valence-corrected chi connectivity index (χ1v) is 4.67. The predicted molar refractivity (Wildman–Crippen MR) is 52.0 cm³/mol. The molecular formula is C9H14N4O. The summed E-state index contributed by atoms with van der Waals surface area (Å²) in [5.74, 6) is -0.0353. The SMILES string of the molecule is CN(C)C(=O)c1cc2n(n1)CCNC2. The highest BCUT2D eigenvalue weighted by atomic mass is 16.2. The molecule has 1 aromatic heterocycles. The Morgan fingerprint density at radius 2 is 2.43 bits per heavy atom. The van der Waals surface area contributed by atoms with Gasteiger partial charge in [0, 0.05) is 27.2 Å². The van der Waals surface area contributed by atoms with Gasteiger partial charge in [-0.3, -0.25) is 9.48 Å². The summed E-state index contributed by atoms with van der Waals surface area (Å²) in [6.07, 6.45) is 0. The van der Waals surface area contributed by atoms with E-state index in [0.717, 1.165) is 25.3 Å². The van der Waals surface area contributed by atoms with Crippen LogP contribution in [0.25, 0.3) is 0 Å². The summed E-state index contributed by atoms with van der Waals surface area (Å²) >= 11 is 0. The summed E-state index contributed by atoms with van der Waals surface area (Å²) in [6.45, 7) is 2.56. The average Bonchev–Trinajstić information content (AvgIpc) is 2.59. The quantitative estimate of drug-likeness (QED) is 0.667. The van der Waals surface area contributed by atoms with E-state index in [-0.39, 0.29) is 5.91 Å². The largest absolute Gasteiger partial charge is 0.343 e. The van der Waals surface area contributed by atoms with Crippen LogP contribution in [-0.4, -0.2) is 41.2 Å². The van der Waals surface area contributed by atoms with Gasteiger partial charge in [-0.2, -0.15) is 5.10 Å². The molecule has 0 saturated carbocycles. The number of carbonyl (C=O) groups is 1. The van der Waals surface area contributed by atoms with Crippen LogP contribution < -0.4 is 5.32 Å². The normalized spacial score (nSPS) is 15.0. The first-order chi connectivity index (χ1) is 6.68. The Morgan fingerprint density at radius 1 is 1.64 bits per heavy atom. The van der Waals surface area contributed by atoms with E-state index in [1.165, 1.54) is 0 Å². The number of carbonyl (C=O) groups excluding carboxylic acids is 1. The van der Waals surface area contributed by atoms with Crippen LogP contribution in [-0.2, 0) is 13.1 Å². The van der Waals surface area contributed by atoms with Gasteiger partial charge in [0.05, 0.1) is 12.2 Å². The van der Waals surface area contributed by atoms with Crippen LogP contribution in [0.5, 0.6) is 0 Å². The Hall–Kier alpha value is -1.36. The smallest absolute Gasteiger partial charge is 0.273 e. The molecule has 0 fully saturated rings. The van der Waals surface area contributed by atoms with Crippen molar-refractivity contribution in [1.29, 1.82) is 0 Å². The van der Waals surface area contributed by atoms with E-state index < -0.39 is 0 Å². The van der Waals surface area contributed by atoms with Gasteiger partial charge >= 0.3 is 0 Å². The highest BCUT2D eigenvalue weighted by Crippen LogP contribution is 2.08. The van der Waals surface area contributed by atoms with Gasteiger partial charge in [-0.1, -0.05) is 0 Å². The van der Waals surface area contributed by atoms with Gasteiger partial charge in [0.15, 0.2) is 5.69 Å². The number of rotatable bonds is 1. The number of amides is 1. The van der Waals surface area contributed by atoms with Gasteiger partial charge in [0.1, 0.15) is 0 Å². The molecule has 1 amide bonds. The standard InChI is InChI=1S/C9H14N4O/c1-12(2)9(14)8-5-7-6-10-3-4-13(7)11-8/h5,10H,3-4,6H2,1-2H3. The van der Waals surface area contributed by atoms with Gasteiger partial charge in [0.2, 0.25) is 0 Å². The Bertz CT molecular complexity index is 332.